The molecule has 0 heterocycles. The van der Waals surface area contributed by atoms with Gasteiger partial charge in [0.1, 0.15) is 0 Å². The van der Waals surface area contributed by atoms with Crippen LogP contribution in [0.4, 0.5) is 0 Å². The molecule has 2 aromatic rings. The molecule has 1 aliphatic carbocycles. The van der Waals surface area contributed by atoms with Crippen LogP contribution < -0.4 is 5.73 Å². The molecule has 0 aromatic heterocycles. The molecular formula is C19H21N3O. The van der Waals surface area contributed by atoms with Crippen molar-refractivity contribution in [2.45, 2.75) is 12.5 Å². The average molecular weight is 307 g/mol. The minimum Gasteiger partial charge on any atom is -0.396 e. The topological polar surface area (TPSA) is 50.8 Å². The number of hydrogen-bond acceptors (Lipinski definition) is 4. The van der Waals surface area contributed by atoms with E-state index in [0.29, 0.717) is 5.70 Å². The maximum absolute atomic E-state index is 6.56. The van der Waals surface area contributed by atoms with Gasteiger partial charge in [0.2, 0.25) is 0 Å². The largest absolute Gasteiger partial charge is 0.396 e. The first-order valence-corrected chi connectivity index (χ1v) is 7.57. The molecule has 23 heavy (non-hydrogen) atoms. The Balaban J connectivity index is 2.35. The molecule has 0 saturated heterocycles. The van der Waals surface area contributed by atoms with Crippen molar-refractivity contribution in [2.75, 3.05) is 14.2 Å². The van der Waals surface area contributed by atoms with Crippen LogP contribution in [0, 0.1) is 0 Å². The maximum Gasteiger partial charge on any atom is 0.0900 e. The van der Waals surface area contributed by atoms with E-state index in [1.54, 1.807) is 12.1 Å². The predicted molar refractivity (Wildman–Crippen MR) is 94.7 cm³/mol. The second-order valence-electron chi connectivity index (χ2n) is 5.60. The summed E-state index contributed by atoms with van der Waals surface area (Å²) in [5.41, 5.74) is 12.4. The Kier molecular flexibility index (Phi) is 4.17. The van der Waals surface area contributed by atoms with Crippen molar-refractivity contribution in [3.05, 3.63) is 70.8 Å². The molecule has 1 aliphatic rings. The number of hydrogen-bond donors (Lipinski definition) is 1. The number of hydrazone groups is 1. The van der Waals surface area contributed by atoms with Gasteiger partial charge in [-0.2, -0.15) is 5.10 Å². The molecule has 1 atom stereocenters. The number of rotatable bonds is 3. The van der Waals surface area contributed by atoms with Gasteiger partial charge in [-0.15, -0.1) is 0 Å². The van der Waals surface area contributed by atoms with E-state index in [2.05, 4.69) is 30.0 Å². The number of ether oxygens (including phenoxy) is 1. The lowest BCUT2D eigenvalue weighted by molar-refractivity contribution is 0.103. The lowest BCUT2D eigenvalue weighted by Gasteiger charge is -2.28. The summed E-state index contributed by atoms with van der Waals surface area (Å²) in [6, 6.07) is 16.3. The van der Waals surface area contributed by atoms with Crippen LogP contribution in [0.15, 0.2) is 53.6 Å². The van der Waals surface area contributed by atoms with E-state index in [1.165, 1.54) is 5.56 Å². The maximum atomic E-state index is 6.56. The Bertz CT molecular complexity index is 767. The van der Waals surface area contributed by atoms with Gasteiger partial charge >= 0.3 is 0 Å². The molecule has 0 fully saturated rings. The minimum atomic E-state index is -0.0329. The van der Waals surface area contributed by atoms with Crippen LogP contribution in [0.1, 0.15) is 28.4 Å². The zero-order valence-corrected chi connectivity index (χ0v) is 13.5. The highest BCUT2D eigenvalue weighted by atomic mass is 16.5. The van der Waals surface area contributed by atoms with Gasteiger partial charge in [0, 0.05) is 38.4 Å². The van der Waals surface area contributed by atoms with E-state index in [9.17, 15) is 0 Å². The lowest BCUT2D eigenvalue weighted by atomic mass is 9.88. The van der Waals surface area contributed by atoms with Crippen molar-refractivity contribution in [2.24, 2.45) is 10.8 Å². The van der Waals surface area contributed by atoms with Gasteiger partial charge in [-0.3, -0.25) is 5.01 Å². The standard InChI is InChI=1S/C19H21N3O/c1-21-22(2)19-14-9-5-4-8-13(14)12-17(23-3)15-10-6-7-11-16(15)18(19)20/h4-11,17H,1,12,20H2,2-3H3/b19-18-. The fraction of sp³-hybridized carbons (Fsp3) is 0.211. The summed E-state index contributed by atoms with van der Waals surface area (Å²) in [5, 5.41) is 5.79. The smallest absolute Gasteiger partial charge is 0.0900 e. The first-order valence-electron chi connectivity index (χ1n) is 7.57. The molecule has 4 heteroatoms. The monoisotopic (exact) mass is 307 g/mol. The highest BCUT2D eigenvalue weighted by molar-refractivity contribution is 5.90. The fourth-order valence-corrected chi connectivity index (χ4v) is 3.16. The van der Waals surface area contributed by atoms with Crippen LogP contribution >= 0.6 is 0 Å². The Labute approximate surface area is 136 Å². The number of nitrogens with zero attached hydrogens (tertiary/aromatic N) is 2. The summed E-state index contributed by atoms with van der Waals surface area (Å²) in [4.78, 5) is 0. The van der Waals surface area contributed by atoms with Gasteiger partial charge in [-0.05, 0) is 11.1 Å². The van der Waals surface area contributed by atoms with Crippen molar-refractivity contribution in [3.63, 3.8) is 0 Å². The Morgan fingerprint density at radius 3 is 2.48 bits per heavy atom. The molecule has 2 N–H and O–H groups in total. The number of benzene rings is 2. The van der Waals surface area contributed by atoms with E-state index in [0.717, 1.165) is 28.8 Å². The molecule has 0 bridgehead atoms. The molecule has 118 valence electrons. The third kappa shape index (κ3) is 2.62. The molecule has 3 rings (SSSR count). The zero-order valence-electron chi connectivity index (χ0n) is 13.5. The van der Waals surface area contributed by atoms with Crippen molar-refractivity contribution >= 4 is 18.1 Å². The van der Waals surface area contributed by atoms with Crippen LogP contribution in [0.3, 0.4) is 0 Å². The van der Waals surface area contributed by atoms with Crippen LogP contribution in [-0.4, -0.2) is 25.9 Å². The molecule has 0 radical (unpaired) electrons. The van der Waals surface area contributed by atoms with Gasteiger partial charge in [-0.1, -0.05) is 48.5 Å². The Morgan fingerprint density at radius 2 is 1.78 bits per heavy atom. The molecule has 4 nitrogen and oxygen atoms in total. The van der Waals surface area contributed by atoms with Gasteiger partial charge in [0.15, 0.2) is 0 Å². The minimum absolute atomic E-state index is 0.0329. The van der Waals surface area contributed by atoms with Crippen molar-refractivity contribution in [3.8, 4) is 0 Å². The van der Waals surface area contributed by atoms with E-state index in [1.807, 2.05) is 37.4 Å². The third-order valence-electron chi connectivity index (χ3n) is 4.35. The van der Waals surface area contributed by atoms with Crippen molar-refractivity contribution in [1.82, 2.24) is 5.01 Å². The van der Waals surface area contributed by atoms with Crippen LogP contribution in [0.5, 0.6) is 0 Å². The number of nitrogens with two attached hydrogens (primary N) is 1. The highest BCUT2D eigenvalue weighted by Gasteiger charge is 2.25. The normalized spacial score (nSPS) is 20.0. The van der Waals surface area contributed by atoms with Crippen LogP contribution in [0.25, 0.3) is 11.4 Å². The summed E-state index contributed by atoms with van der Waals surface area (Å²) < 4.78 is 5.75. The van der Waals surface area contributed by atoms with E-state index >= 15 is 0 Å². The van der Waals surface area contributed by atoms with Crippen molar-refractivity contribution < 1.29 is 4.74 Å². The molecule has 1 unspecified atom stereocenters. The molecule has 0 aliphatic heterocycles. The molecule has 2 aromatic carbocycles. The summed E-state index contributed by atoms with van der Waals surface area (Å²) in [6.45, 7) is 3.65. The summed E-state index contributed by atoms with van der Waals surface area (Å²) in [5.74, 6) is 0. The summed E-state index contributed by atoms with van der Waals surface area (Å²) >= 11 is 0. The summed E-state index contributed by atoms with van der Waals surface area (Å²) in [7, 11) is 3.61. The highest BCUT2D eigenvalue weighted by Crippen LogP contribution is 2.37. The Morgan fingerprint density at radius 1 is 1.13 bits per heavy atom. The third-order valence-corrected chi connectivity index (χ3v) is 4.35. The lowest BCUT2D eigenvalue weighted by Crippen LogP contribution is -2.21. The second kappa shape index (κ2) is 6.26. The van der Waals surface area contributed by atoms with E-state index in [-0.39, 0.29) is 6.10 Å². The molecular weight excluding hydrogens is 286 g/mol. The second-order valence-corrected chi connectivity index (χ2v) is 5.60. The van der Waals surface area contributed by atoms with E-state index < -0.39 is 0 Å². The fourth-order valence-electron chi connectivity index (χ4n) is 3.16. The first-order chi connectivity index (χ1) is 11.2. The van der Waals surface area contributed by atoms with Gasteiger partial charge in [0.25, 0.3) is 0 Å². The van der Waals surface area contributed by atoms with Crippen LogP contribution in [-0.2, 0) is 11.2 Å². The predicted octanol–water partition coefficient (Wildman–Crippen LogP) is 3.26. The average Bonchev–Trinajstić information content (AvgIpc) is 2.59. The SMILES string of the molecule is C=NN(C)/C1=C(\N)c2ccccc2C(OC)Cc2ccccc21. The molecule has 0 spiro atoms. The molecule has 0 amide bonds. The number of fused-ring (bicyclic) bond motifs is 2. The van der Waals surface area contributed by atoms with Gasteiger partial charge < -0.3 is 10.5 Å². The van der Waals surface area contributed by atoms with Crippen LogP contribution in [0.2, 0.25) is 0 Å². The number of methoxy groups -OCH3 is 1. The Hall–Kier alpha value is -2.59. The molecule has 0 saturated carbocycles. The quantitative estimate of drug-likeness (QED) is 0.699. The summed E-state index contributed by atoms with van der Waals surface area (Å²) in [6.07, 6.45) is 0.750. The first kappa shape index (κ1) is 15.3. The van der Waals surface area contributed by atoms with Crippen molar-refractivity contribution in [1.29, 1.82) is 0 Å². The zero-order chi connectivity index (χ0) is 16.4. The van der Waals surface area contributed by atoms with Gasteiger partial charge in [-0.25, -0.2) is 0 Å². The van der Waals surface area contributed by atoms with Gasteiger partial charge in [0.05, 0.1) is 17.5 Å². The van der Waals surface area contributed by atoms with E-state index in [4.69, 9.17) is 10.5 Å².